The Bertz CT molecular complexity index is 283. The van der Waals surface area contributed by atoms with Gasteiger partial charge >= 0.3 is 0 Å². The van der Waals surface area contributed by atoms with Gasteiger partial charge in [0, 0.05) is 40.3 Å². The lowest BCUT2D eigenvalue weighted by Gasteiger charge is -2.27. The summed E-state index contributed by atoms with van der Waals surface area (Å²) in [5.41, 5.74) is 13.5. The average Bonchev–Trinajstić information content (AvgIpc) is 2.30. The molecule has 1 rings (SSSR count). The van der Waals surface area contributed by atoms with Gasteiger partial charge in [-0.15, -0.1) is 0 Å². The van der Waals surface area contributed by atoms with Crippen molar-refractivity contribution in [2.75, 3.05) is 50.1 Å². The number of anilines is 2. The van der Waals surface area contributed by atoms with Crippen molar-refractivity contribution >= 4 is 11.4 Å². The van der Waals surface area contributed by atoms with Gasteiger partial charge in [0.2, 0.25) is 0 Å². The zero-order valence-electron chi connectivity index (χ0n) is 10.2. The first-order valence-corrected chi connectivity index (χ1v) is 5.62. The molecule has 0 spiro atoms. The number of hydrogen-bond donors (Lipinski definition) is 2. The van der Waals surface area contributed by atoms with E-state index in [4.69, 9.17) is 11.5 Å². The summed E-state index contributed by atoms with van der Waals surface area (Å²) < 4.78 is 0. The second-order valence-corrected chi connectivity index (χ2v) is 3.91. The SMILES string of the molecule is CN(CCN)c1ccccc1N(C)CCN. The van der Waals surface area contributed by atoms with Gasteiger partial charge in [0.1, 0.15) is 0 Å². The van der Waals surface area contributed by atoms with Gasteiger partial charge in [-0.3, -0.25) is 0 Å². The minimum absolute atomic E-state index is 0.658. The van der Waals surface area contributed by atoms with E-state index in [-0.39, 0.29) is 0 Å². The van der Waals surface area contributed by atoms with E-state index in [0.29, 0.717) is 13.1 Å². The fourth-order valence-electron chi connectivity index (χ4n) is 1.74. The highest BCUT2D eigenvalue weighted by Gasteiger charge is 2.09. The molecule has 90 valence electrons. The van der Waals surface area contributed by atoms with E-state index in [1.165, 1.54) is 11.4 Å². The Morgan fingerprint density at radius 2 is 1.25 bits per heavy atom. The van der Waals surface area contributed by atoms with Crippen molar-refractivity contribution in [1.82, 2.24) is 0 Å². The molecule has 0 aromatic heterocycles. The Balaban J connectivity index is 2.90. The van der Waals surface area contributed by atoms with Crippen molar-refractivity contribution in [1.29, 1.82) is 0 Å². The molecule has 0 aliphatic heterocycles. The molecule has 0 saturated carbocycles. The molecule has 1 aromatic rings. The number of nitrogens with two attached hydrogens (primary N) is 2. The summed E-state index contributed by atoms with van der Waals surface area (Å²) in [6.45, 7) is 3.03. The van der Waals surface area contributed by atoms with E-state index in [9.17, 15) is 0 Å². The second-order valence-electron chi connectivity index (χ2n) is 3.91. The molecular weight excluding hydrogens is 200 g/mol. The Labute approximate surface area is 97.8 Å². The molecule has 0 atom stereocenters. The number of para-hydroxylation sites is 2. The van der Waals surface area contributed by atoms with Crippen LogP contribution in [-0.2, 0) is 0 Å². The third-order valence-corrected chi connectivity index (χ3v) is 2.63. The summed E-state index contributed by atoms with van der Waals surface area (Å²) in [5, 5.41) is 0. The van der Waals surface area contributed by atoms with Gasteiger partial charge in [-0.1, -0.05) is 12.1 Å². The molecule has 1 aromatic carbocycles. The number of nitrogens with zero attached hydrogens (tertiary/aromatic N) is 2. The van der Waals surface area contributed by atoms with E-state index in [2.05, 4.69) is 36.0 Å². The largest absolute Gasteiger partial charge is 0.372 e. The van der Waals surface area contributed by atoms with Crippen LogP contribution in [0.3, 0.4) is 0 Å². The van der Waals surface area contributed by atoms with Crippen LogP contribution in [-0.4, -0.2) is 40.3 Å². The van der Waals surface area contributed by atoms with Crippen LogP contribution in [0.1, 0.15) is 0 Å². The first kappa shape index (κ1) is 12.8. The second kappa shape index (κ2) is 6.35. The van der Waals surface area contributed by atoms with Gasteiger partial charge in [0.25, 0.3) is 0 Å². The molecule has 16 heavy (non-hydrogen) atoms. The number of rotatable bonds is 6. The fraction of sp³-hybridized carbons (Fsp3) is 0.500. The summed E-state index contributed by atoms with van der Waals surface area (Å²) >= 11 is 0. The molecule has 0 aliphatic rings. The maximum Gasteiger partial charge on any atom is 0.0601 e. The van der Waals surface area contributed by atoms with Crippen molar-refractivity contribution in [2.45, 2.75) is 0 Å². The van der Waals surface area contributed by atoms with Crippen molar-refractivity contribution in [2.24, 2.45) is 11.5 Å². The Morgan fingerprint density at radius 1 is 0.875 bits per heavy atom. The molecule has 0 bridgehead atoms. The van der Waals surface area contributed by atoms with E-state index in [1.807, 2.05) is 12.1 Å². The average molecular weight is 222 g/mol. The van der Waals surface area contributed by atoms with Crippen molar-refractivity contribution < 1.29 is 0 Å². The molecule has 0 amide bonds. The van der Waals surface area contributed by atoms with E-state index in [1.54, 1.807) is 0 Å². The van der Waals surface area contributed by atoms with E-state index < -0.39 is 0 Å². The lowest BCUT2D eigenvalue weighted by molar-refractivity contribution is 0.859. The fourth-order valence-corrected chi connectivity index (χ4v) is 1.74. The monoisotopic (exact) mass is 222 g/mol. The third kappa shape index (κ3) is 3.12. The van der Waals surface area contributed by atoms with Gasteiger partial charge in [0.15, 0.2) is 0 Å². The molecule has 0 fully saturated rings. The molecule has 4 N–H and O–H groups in total. The first-order chi connectivity index (χ1) is 7.70. The summed E-state index contributed by atoms with van der Waals surface area (Å²) in [6, 6.07) is 8.31. The molecule has 0 unspecified atom stereocenters. The summed E-state index contributed by atoms with van der Waals surface area (Å²) in [6.07, 6.45) is 0. The van der Waals surface area contributed by atoms with Crippen LogP contribution in [0.25, 0.3) is 0 Å². The van der Waals surface area contributed by atoms with Crippen LogP contribution in [0.4, 0.5) is 11.4 Å². The number of likely N-dealkylation sites (N-methyl/N-ethyl adjacent to an activating group) is 2. The van der Waals surface area contributed by atoms with Gasteiger partial charge in [-0.25, -0.2) is 0 Å². The zero-order chi connectivity index (χ0) is 12.0. The van der Waals surface area contributed by atoms with Gasteiger partial charge < -0.3 is 21.3 Å². The van der Waals surface area contributed by atoms with Crippen LogP contribution in [0.5, 0.6) is 0 Å². The predicted molar refractivity (Wildman–Crippen MR) is 71.1 cm³/mol. The topological polar surface area (TPSA) is 58.5 Å². The Kier molecular flexibility index (Phi) is 5.08. The van der Waals surface area contributed by atoms with Crippen LogP contribution in [0.15, 0.2) is 24.3 Å². The molecule has 0 heterocycles. The quantitative estimate of drug-likeness (QED) is 0.735. The van der Waals surface area contributed by atoms with Crippen molar-refractivity contribution in [3.05, 3.63) is 24.3 Å². The standard InChI is InChI=1S/C12H22N4/c1-15(9-7-13)11-5-3-4-6-12(11)16(2)10-8-14/h3-6H,7-10,13-14H2,1-2H3. The zero-order valence-corrected chi connectivity index (χ0v) is 10.2. The smallest absolute Gasteiger partial charge is 0.0601 e. The Hall–Kier alpha value is -1.26. The molecular formula is C12H22N4. The van der Waals surface area contributed by atoms with E-state index in [0.717, 1.165) is 13.1 Å². The van der Waals surface area contributed by atoms with Crippen LogP contribution >= 0.6 is 0 Å². The van der Waals surface area contributed by atoms with Gasteiger partial charge in [0.05, 0.1) is 11.4 Å². The Morgan fingerprint density at radius 3 is 1.56 bits per heavy atom. The van der Waals surface area contributed by atoms with Crippen LogP contribution in [0, 0.1) is 0 Å². The molecule has 0 saturated heterocycles. The molecule has 4 nitrogen and oxygen atoms in total. The molecule has 0 aliphatic carbocycles. The maximum atomic E-state index is 5.58. The highest BCUT2D eigenvalue weighted by Crippen LogP contribution is 2.26. The highest BCUT2D eigenvalue weighted by molar-refractivity contribution is 5.70. The third-order valence-electron chi connectivity index (χ3n) is 2.63. The minimum atomic E-state index is 0.658. The van der Waals surface area contributed by atoms with E-state index >= 15 is 0 Å². The summed E-state index contributed by atoms with van der Waals surface area (Å²) in [7, 11) is 4.12. The molecule has 4 heteroatoms. The van der Waals surface area contributed by atoms with Crippen molar-refractivity contribution in [3.63, 3.8) is 0 Å². The lowest BCUT2D eigenvalue weighted by Crippen LogP contribution is -2.29. The normalized spacial score (nSPS) is 10.2. The number of benzene rings is 1. The lowest BCUT2D eigenvalue weighted by atomic mass is 10.2. The first-order valence-electron chi connectivity index (χ1n) is 5.62. The van der Waals surface area contributed by atoms with Crippen LogP contribution in [0.2, 0.25) is 0 Å². The summed E-state index contributed by atoms with van der Waals surface area (Å²) in [4.78, 5) is 4.34. The van der Waals surface area contributed by atoms with Gasteiger partial charge in [-0.05, 0) is 12.1 Å². The minimum Gasteiger partial charge on any atom is -0.372 e. The van der Waals surface area contributed by atoms with Crippen LogP contribution < -0.4 is 21.3 Å². The highest BCUT2D eigenvalue weighted by atomic mass is 15.2. The maximum absolute atomic E-state index is 5.58. The van der Waals surface area contributed by atoms with Crippen molar-refractivity contribution in [3.8, 4) is 0 Å². The van der Waals surface area contributed by atoms with Gasteiger partial charge in [-0.2, -0.15) is 0 Å². The molecule has 0 radical (unpaired) electrons. The summed E-state index contributed by atoms with van der Waals surface area (Å²) in [5.74, 6) is 0. The predicted octanol–water partition coefficient (Wildman–Crippen LogP) is 0.476. The number of hydrogen-bond acceptors (Lipinski definition) is 4.